The average molecular weight is 485 g/mol. The topological polar surface area (TPSA) is 90.5 Å². The van der Waals surface area contributed by atoms with E-state index < -0.39 is 17.3 Å². The summed E-state index contributed by atoms with van der Waals surface area (Å²) in [7, 11) is 3.35. The quantitative estimate of drug-likeness (QED) is 0.436. The van der Waals surface area contributed by atoms with Gasteiger partial charge in [0.15, 0.2) is 5.69 Å². The number of anilines is 1. The number of pyridine rings is 1. The van der Waals surface area contributed by atoms with Gasteiger partial charge in [0.1, 0.15) is 11.6 Å². The Bertz CT molecular complexity index is 1280. The van der Waals surface area contributed by atoms with Gasteiger partial charge in [-0.15, -0.1) is 0 Å². The average Bonchev–Trinajstić information content (AvgIpc) is 3.30. The van der Waals surface area contributed by atoms with Gasteiger partial charge in [-0.2, -0.15) is 0 Å². The predicted octanol–water partition coefficient (Wildman–Crippen LogP) is 5.37. The standard InChI is InChI=1S/C26H30F2N4O3/c1-15-10-21(35-3)18(16-6-8-30-22(15)16)12-32-9-7-25(13-26(27,28)14-25)11-20(32)17-4-5-19(24(33)34)31-23(17)29-2/h4-6,8,10,20,30H,7,9,11-14H2,1-3H3,(H,29,31)(H,33,34)/t20-/m1/s1. The predicted molar refractivity (Wildman–Crippen MR) is 129 cm³/mol. The number of rotatable bonds is 6. The number of nitrogens with one attached hydrogen (secondary N) is 2. The molecule has 0 bridgehead atoms. The van der Waals surface area contributed by atoms with Crippen molar-refractivity contribution in [1.82, 2.24) is 14.9 Å². The van der Waals surface area contributed by atoms with Crippen LogP contribution in [0.4, 0.5) is 14.6 Å². The van der Waals surface area contributed by atoms with Gasteiger partial charge < -0.3 is 20.1 Å². The Morgan fingerprint density at radius 2 is 2.11 bits per heavy atom. The van der Waals surface area contributed by atoms with E-state index in [0.717, 1.165) is 33.3 Å². The van der Waals surface area contributed by atoms with Crippen LogP contribution in [0.15, 0.2) is 30.5 Å². The maximum absolute atomic E-state index is 14.0. The van der Waals surface area contributed by atoms with Crippen molar-refractivity contribution in [2.24, 2.45) is 5.41 Å². The molecule has 2 fully saturated rings. The van der Waals surface area contributed by atoms with Crippen molar-refractivity contribution in [2.75, 3.05) is 26.0 Å². The molecule has 1 aliphatic heterocycles. The number of methoxy groups -OCH3 is 1. The van der Waals surface area contributed by atoms with Gasteiger partial charge in [0, 0.05) is 60.7 Å². The highest BCUT2D eigenvalue weighted by atomic mass is 19.3. The molecule has 1 spiro atoms. The van der Waals surface area contributed by atoms with Crippen molar-refractivity contribution in [3.8, 4) is 5.75 Å². The van der Waals surface area contributed by atoms with Crippen LogP contribution in [-0.4, -0.2) is 52.6 Å². The minimum absolute atomic E-state index is 0.0559. The highest BCUT2D eigenvalue weighted by Crippen LogP contribution is 2.61. The lowest BCUT2D eigenvalue weighted by molar-refractivity contribution is -0.186. The molecular formula is C26H30F2N4O3. The molecule has 1 saturated heterocycles. The number of benzene rings is 1. The first kappa shape index (κ1) is 23.5. The Balaban J connectivity index is 1.56. The van der Waals surface area contributed by atoms with E-state index in [0.29, 0.717) is 31.7 Å². The Morgan fingerprint density at radius 1 is 1.34 bits per heavy atom. The zero-order valence-corrected chi connectivity index (χ0v) is 20.1. The number of nitrogens with zero attached hydrogens (tertiary/aromatic N) is 2. The summed E-state index contributed by atoms with van der Waals surface area (Å²) in [5.41, 5.74) is 3.52. The van der Waals surface area contributed by atoms with Gasteiger partial charge in [-0.1, -0.05) is 6.07 Å². The summed E-state index contributed by atoms with van der Waals surface area (Å²) < 4.78 is 33.7. The van der Waals surface area contributed by atoms with Crippen LogP contribution >= 0.6 is 0 Å². The summed E-state index contributed by atoms with van der Waals surface area (Å²) in [6.45, 7) is 3.25. The van der Waals surface area contributed by atoms with E-state index in [1.165, 1.54) is 6.07 Å². The zero-order valence-electron chi connectivity index (χ0n) is 20.1. The molecule has 7 nitrogen and oxygen atoms in total. The number of hydrogen-bond donors (Lipinski definition) is 3. The largest absolute Gasteiger partial charge is 0.496 e. The number of ether oxygens (including phenoxy) is 1. The first-order chi connectivity index (χ1) is 16.6. The number of aromatic nitrogens is 2. The molecule has 5 rings (SSSR count). The fourth-order valence-corrected chi connectivity index (χ4v) is 6.08. The molecule has 3 heterocycles. The summed E-state index contributed by atoms with van der Waals surface area (Å²) in [5, 5.41) is 13.5. The van der Waals surface area contributed by atoms with E-state index >= 15 is 0 Å². The molecule has 0 radical (unpaired) electrons. The van der Waals surface area contributed by atoms with Gasteiger partial charge in [-0.05, 0) is 55.5 Å². The summed E-state index contributed by atoms with van der Waals surface area (Å²) in [6, 6.07) is 7.12. The first-order valence-electron chi connectivity index (χ1n) is 11.8. The Kier molecular flexibility index (Phi) is 5.70. The van der Waals surface area contributed by atoms with Crippen LogP contribution in [0.5, 0.6) is 5.75 Å². The number of aromatic carboxylic acids is 1. The van der Waals surface area contributed by atoms with Gasteiger partial charge in [0.2, 0.25) is 5.92 Å². The third-order valence-corrected chi connectivity index (χ3v) is 7.70. The monoisotopic (exact) mass is 484 g/mol. The number of carboxylic acids is 1. The van der Waals surface area contributed by atoms with Gasteiger partial charge in [0.25, 0.3) is 0 Å². The van der Waals surface area contributed by atoms with Crippen molar-refractivity contribution >= 4 is 22.7 Å². The number of likely N-dealkylation sites (tertiary alicyclic amines) is 1. The summed E-state index contributed by atoms with van der Waals surface area (Å²) >= 11 is 0. The van der Waals surface area contributed by atoms with Crippen LogP contribution in [0.2, 0.25) is 0 Å². The van der Waals surface area contributed by atoms with Crippen molar-refractivity contribution in [3.63, 3.8) is 0 Å². The molecule has 2 aliphatic rings. The van der Waals surface area contributed by atoms with Crippen molar-refractivity contribution in [1.29, 1.82) is 0 Å². The molecule has 1 aliphatic carbocycles. The van der Waals surface area contributed by atoms with E-state index in [1.807, 2.05) is 25.3 Å². The number of carbonyl (C=O) groups is 1. The fraction of sp³-hybridized carbons (Fsp3) is 0.462. The second-order valence-electron chi connectivity index (χ2n) is 9.98. The lowest BCUT2D eigenvalue weighted by Crippen LogP contribution is -2.53. The normalized spacial score (nSPS) is 21.1. The highest BCUT2D eigenvalue weighted by molar-refractivity contribution is 5.88. The van der Waals surface area contributed by atoms with Crippen LogP contribution < -0.4 is 10.1 Å². The number of H-pyrrole nitrogens is 1. The van der Waals surface area contributed by atoms with E-state index in [-0.39, 0.29) is 24.6 Å². The minimum Gasteiger partial charge on any atom is -0.496 e. The molecule has 186 valence electrons. The van der Waals surface area contributed by atoms with Crippen molar-refractivity contribution in [3.05, 3.63) is 52.8 Å². The Hall–Kier alpha value is -3.20. The number of hydrogen-bond acceptors (Lipinski definition) is 5. The van der Waals surface area contributed by atoms with E-state index in [1.54, 1.807) is 20.2 Å². The number of alkyl halides is 2. The lowest BCUT2D eigenvalue weighted by atomic mass is 9.59. The van der Waals surface area contributed by atoms with Gasteiger partial charge in [-0.25, -0.2) is 18.6 Å². The SMILES string of the molecule is CNc1nc(C(=O)O)ccc1[C@H]1CC2(CCN1Cc1c(OC)cc(C)c3[nH]ccc13)CC(F)(F)C2. The molecule has 2 aromatic heterocycles. The molecule has 3 aromatic rings. The van der Waals surface area contributed by atoms with Crippen molar-refractivity contribution in [2.45, 2.75) is 51.1 Å². The van der Waals surface area contributed by atoms with Crippen LogP contribution in [0.3, 0.4) is 0 Å². The first-order valence-corrected chi connectivity index (χ1v) is 11.8. The molecule has 9 heteroatoms. The summed E-state index contributed by atoms with van der Waals surface area (Å²) in [6.07, 6.45) is 2.97. The smallest absolute Gasteiger partial charge is 0.354 e. The number of halogens is 2. The number of aromatic amines is 1. The van der Waals surface area contributed by atoms with Gasteiger partial charge in [-0.3, -0.25) is 4.90 Å². The Labute approximate surface area is 202 Å². The molecule has 0 unspecified atom stereocenters. The lowest BCUT2D eigenvalue weighted by Gasteiger charge is -2.54. The molecule has 0 amide bonds. The van der Waals surface area contributed by atoms with Crippen LogP contribution in [0, 0.1) is 12.3 Å². The molecule has 1 atom stereocenters. The third kappa shape index (κ3) is 4.11. The van der Waals surface area contributed by atoms with Gasteiger partial charge >= 0.3 is 5.97 Å². The second-order valence-corrected chi connectivity index (χ2v) is 9.98. The molecule has 1 saturated carbocycles. The summed E-state index contributed by atoms with van der Waals surface area (Å²) in [4.78, 5) is 21.4. The van der Waals surface area contributed by atoms with Gasteiger partial charge in [0.05, 0.1) is 7.11 Å². The minimum atomic E-state index is -2.61. The Morgan fingerprint density at radius 3 is 2.77 bits per heavy atom. The maximum Gasteiger partial charge on any atom is 0.354 e. The van der Waals surface area contributed by atoms with Crippen molar-refractivity contribution < 1.29 is 23.4 Å². The van der Waals surface area contributed by atoms with Crippen LogP contribution in [0.25, 0.3) is 10.9 Å². The van der Waals surface area contributed by atoms with Crippen LogP contribution in [-0.2, 0) is 6.54 Å². The van der Waals surface area contributed by atoms with E-state index in [2.05, 4.69) is 20.2 Å². The number of fused-ring (bicyclic) bond motifs is 1. The number of piperidine rings is 1. The maximum atomic E-state index is 14.0. The fourth-order valence-electron chi connectivity index (χ4n) is 6.08. The molecule has 1 aromatic carbocycles. The van der Waals surface area contributed by atoms with E-state index in [9.17, 15) is 18.7 Å². The van der Waals surface area contributed by atoms with E-state index in [4.69, 9.17) is 4.74 Å². The molecule has 3 N–H and O–H groups in total. The summed E-state index contributed by atoms with van der Waals surface area (Å²) in [5.74, 6) is -2.47. The second kappa shape index (κ2) is 8.48. The number of aryl methyl sites for hydroxylation is 1. The number of carboxylic acid groups (broad SMARTS) is 1. The zero-order chi connectivity index (χ0) is 25.0. The van der Waals surface area contributed by atoms with Crippen LogP contribution in [0.1, 0.15) is 58.9 Å². The third-order valence-electron chi connectivity index (χ3n) is 7.70. The molecule has 35 heavy (non-hydrogen) atoms. The molecular weight excluding hydrogens is 454 g/mol. The highest BCUT2D eigenvalue weighted by Gasteiger charge is 2.58.